The van der Waals surface area contributed by atoms with Gasteiger partial charge in [0, 0.05) is 6.04 Å². The Morgan fingerprint density at radius 1 is 0.667 bits per heavy atom. The van der Waals surface area contributed by atoms with Gasteiger partial charge in [-0.1, -0.05) is 104 Å². The molecule has 0 aromatic carbocycles. The second kappa shape index (κ2) is 22.3. The van der Waals surface area contributed by atoms with E-state index in [-0.39, 0.29) is 18.9 Å². The van der Waals surface area contributed by atoms with Crippen LogP contribution in [0.15, 0.2) is 0 Å². The first-order valence-corrected chi connectivity index (χ1v) is 11.6. The van der Waals surface area contributed by atoms with Crippen molar-refractivity contribution >= 4 is 5.97 Å². The molecule has 0 radical (unpaired) electrons. The molecule has 156 valence electrons. The molecular formula is C23H46LiNO2. The van der Waals surface area contributed by atoms with Crippen molar-refractivity contribution in [3.05, 3.63) is 0 Å². The molecule has 0 rings (SSSR count). The summed E-state index contributed by atoms with van der Waals surface area (Å²) in [6.07, 6.45) is 20.6. The van der Waals surface area contributed by atoms with Crippen LogP contribution >= 0.6 is 0 Å². The standard InChI is InChI=1S/C23H47NO2.Li/c1-4-6-8-10-12-14-16-18-20-24(22(3)23(25)26)21-19-17-15-13-11-9-7-5-2;/h22H,4-21H2,1-3H3,(H,25,26);/q;+1/p-1. The third-order valence-corrected chi connectivity index (χ3v) is 5.49. The SMILES string of the molecule is CCCCCCCCCCN(CCCCCCCCCC)C(C)C(=O)[O-].[Li+]. The topological polar surface area (TPSA) is 43.4 Å². The second-order valence-corrected chi connectivity index (χ2v) is 7.98. The van der Waals surface area contributed by atoms with Crippen LogP contribution in [0.4, 0.5) is 0 Å². The number of hydrogen-bond donors (Lipinski definition) is 0. The average molecular weight is 376 g/mol. The summed E-state index contributed by atoms with van der Waals surface area (Å²) in [4.78, 5) is 13.4. The molecule has 3 nitrogen and oxygen atoms in total. The van der Waals surface area contributed by atoms with Gasteiger partial charge in [0.2, 0.25) is 0 Å². The maximum Gasteiger partial charge on any atom is 1.00 e. The van der Waals surface area contributed by atoms with Crippen molar-refractivity contribution < 1.29 is 28.8 Å². The number of carbonyl (C=O) groups is 1. The van der Waals surface area contributed by atoms with Crippen LogP contribution in [0.25, 0.3) is 0 Å². The number of carbonyl (C=O) groups excluding carboxylic acids is 1. The summed E-state index contributed by atoms with van der Waals surface area (Å²) in [7, 11) is 0. The molecular weight excluding hydrogens is 329 g/mol. The molecule has 4 heteroatoms. The number of aliphatic carboxylic acids is 1. The summed E-state index contributed by atoms with van der Waals surface area (Å²) in [5.41, 5.74) is 0. The van der Waals surface area contributed by atoms with Crippen molar-refractivity contribution in [2.45, 2.75) is 130 Å². The molecule has 0 aliphatic rings. The van der Waals surface area contributed by atoms with E-state index < -0.39 is 12.0 Å². The average Bonchev–Trinajstić information content (AvgIpc) is 2.63. The number of carboxylic acid groups (broad SMARTS) is 1. The van der Waals surface area contributed by atoms with Crippen LogP contribution < -0.4 is 24.0 Å². The van der Waals surface area contributed by atoms with Gasteiger partial charge in [0.15, 0.2) is 0 Å². The van der Waals surface area contributed by atoms with E-state index in [1.807, 2.05) is 0 Å². The van der Waals surface area contributed by atoms with Crippen LogP contribution in [0.3, 0.4) is 0 Å². The van der Waals surface area contributed by atoms with Gasteiger partial charge in [-0.2, -0.15) is 0 Å². The minimum absolute atomic E-state index is 0. The molecule has 27 heavy (non-hydrogen) atoms. The van der Waals surface area contributed by atoms with Crippen LogP contribution in [0, 0.1) is 0 Å². The van der Waals surface area contributed by atoms with Gasteiger partial charge in [-0.05, 0) is 32.9 Å². The quantitative estimate of drug-likeness (QED) is 0.243. The number of nitrogens with zero attached hydrogens (tertiary/aromatic N) is 1. The predicted molar refractivity (Wildman–Crippen MR) is 111 cm³/mol. The second-order valence-electron chi connectivity index (χ2n) is 7.98. The maximum atomic E-state index is 11.3. The van der Waals surface area contributed by atoms with Crippen molar-refractivity contribution in [1.29, 1.82) is 0 Å². The van der Waals surface area contributed by atoms with Crippen molar-refractivity contribution in [3.8, 4) is 0 Å². The van der Waals surface area contributed by atoms with E-state index in [0.29, 0.717) is 0 Å². The minimum Gasteiger partial charge on any atom is -0.548 e. The third-order valence-electron chi connectivity index (χ3n) is 5.49. The molecule has 0 aliphatic heterocycles. The Morgan fingerprint density at radius 2 is 0.963 bits per heavy atom. The Morgan fingerprint density at radius 3 is 1.26 bits per heavy atom. The molecule has 0 amide bonds. The normalized spacial score (nSPS) is 12.1. The van der Waals surface area contributed by atoms with Gasteiger partial charge in [-0.15, -0.1) is 0 Å². The zero-order valence-electron chi connectivity index (χ0n) is 19.1. The van der Waals surface area contributed by atoms with Crippen molar-refractivity contribution in [2.75, 3.05) is 13.1 Å². The first-order valence-electron chi connectivity index (χ1n) is 11.6. The van der Waals surface area contributed by atoms with E-state index in [9.17, 15) is 9.90 Å². The van der Waals surface area contributed by atoms with Gasteiger partial charge in [-0.3, -0.25) is 4.90 Å². The van der Waals surface area contributed by atoms with Crippen molar-refractivity contribution in [2.24, 2.45) is 0 Å². The fraction of sp³-hybridized carbons (Fsp3) is 0.957. The van der Waals surface area contributed by atoms with Crippen LogP contribution in [-0.4, -0.2) is 30.0 Å². The monoisotopic (exact) mass is 375 g/mol. The number of hydrogen-bond acceptors (Lipinski definition) is 3. The minimum atomic E-state index is -0.927. The van der Waals surface area contributed by atoms with E-state index in [4.69, 9.17) is 0 Å². The van der Waals surface area contributed by atoms with Crippen LogP contribution in [-0.2, 0) is 4.79 Å². The Bertz CT molecular complexity index is 293. The fourth-order valence-electron chi connectivity index (χ4n) is 3.55. The van der Waals surface area contributed by atoms with Crippen molar-refractivity contribution in [1.82, 2.24) is 4.90 Å². The van der Waals surface area contributed by atoms with Crippen molar-refractivity contribution in [3.63, 3.8) is 0 Å². The molecule has 0 aromatic heterocycles. The molecule has 0 fully saturated rings. The number of carboxylic acids is 1. The predicted octanol–water partition coefficient (Wildman–Crippen LogP) is 2.71. The smallest absolute Gasteiger partial charge is 0.548 e. The van der Waals surface area contributed by atoms with Crippen LogP contribution in [0.1, 0.15) is 124 Å². The van der Waals surface area contributed by atoms with Gasteiger partial charge in [0.1, 0.15) is 0 Å². The molecule has 0 aliphatic carbocycles. The maximum absolute atomic E-state index is 11.3. The summed E-state index contributed by atoms with van der Waals surface area (Å²) < 4.78 is 0. The molecule has 0 aromatic rings. The molecule has 0 heterocycles. The summed E-state index contributed by atoms with van der Waals surface area (Å²) >= 11 is 0. The Kier molecular flexibility index (Phi) is 24.2. The van der Waals surface area contributed by atoms with E-state index in [2.05, 4.69) is 18.7 Å². The fourth-order valence-corrected chi connectivity index (χ4v) is 3.55. The number of unbranched alkanes of at least 4 members (excludes halogenated alkanes) is 14. The summed E-state index contributed by atoms with van der Waals surface area (Å²) in [5.74, 6) is -0.927. The van der Waals surface area contributed by atoms with Gasteiger partial charge in [0.25, 0.3) is 0 Å². The van der Waals surface area contributed by atoms with Gasteiger partial charge >= 0.3 is 18.9 Å². The molecule has 1 unspecified atom stereocenters. The molecule has 0 bridgehead atoms. The third kappa shape index (κ3) is 19.1. The molecule has 0 N–H and O–H groups in total. The molecule has 0 saturated carbocycles. The van der Waals surface area contributed by atoms with E-state index in [1.54, 1.807) is 6.92 Å². The van der Waals surface area contributed by atoms with Crippen LogP contribution in [0.5, 0.6) is 0 Å². The first kappa shape index (κ1) is 29.2. The first-order chi connectivity index (χ1) is 12.6. The Balaban J connectivity index is 0. The summed E-state index contributed by atoms with van der Waals surface area (Å²) in [6.45, 7) is 8.09. The van der Waals surface area contributed by atoms with Crippen LogP contribution in [0.2, 0.25) is 0 Å². The largest absolute Gasteiger partial charge is 1.00 e. The van der Waals surface area contributed by atoms with Gasteiger partial charge in [0.05, 0.1) is 5.97 Å². The molecule has 0 saturated heterocycles. The Labute approximate surface area is 182 Å². The van der Waals surface area contributed by atoms with Gasteiger partial charge < -0.3 is 9.90 Å². The Hall–Kier alpha value is 0.0274. The number of rotatable bonds is 20. The zero-order chi connectivity index (χ0) is 19.5. The molecule has 0 spiro atoms. The van der Waals surface area contributed by atoms with E-state index >= 15 is 0 Å². The molecule has 1 atom stereocenters. The van der Waals surface area contributed by atoms with E-state index in [1.165, 1.54) is 89.9 Å². The van der Waals surface area contributed by atoms with E-state index in [0.717, 1.165) is 25.9 Å². The van der Waals surface area contributed by atoms with Gasteiger partial charge in [-0.25, -0.2) is 0 Å². The zero-order valence-corrected chi connectivity index (χ0v) is 19.1. The summed E-state index contributed by atoms with van der Waals surface area (Å²) in [5, 5.41) is 11.3. The summed E-state index contributed by atoms with van der Waals surface area (Å²) in [6, 6.07) is -0.455.